The van der Waals surface area contributed by atoms with Crippen molar-refractivity contribution in [3.63, 3.8) is 0 Å². The van der Waals surface area contributed by atoms with E-state index in [-0.39, 0.29) is 12.3 Å². The smallest absolute Gasteiger partial charge is 0.229 e. The zero-order valence-corrected chi connectivity index (χ0v) is 15.0. The summed E-state index contributed by atoms with van der Waals surface area (Å²) in [6.45, 7) is 3.21. The number of anilines is 1. The average Bonchev–Trinajstić information content (AvgIpc) is 3.28. The van der Waals surface area contributed by atoms with Crippen molar-refractivity contribution in [1.82, 2.24) is 9.78 Å². The van der Waals surface area contributed by atoms with Gasteiger partial charge in [0.15, 0.2) is 11.5 Å². The van der Waals surface area contributed by atoms with Crippen LogP contribution in [0.1, 0.15) is 12.0 Å². The Hall–Kier alpha value is -2.25. The third-order valence-corrected chi connectivity index (χ3v) is 4.74. The summed E-state index contributed by atoms with van der Waals surface area (Å²) in [6.07, 6.45) is 2.89. The first kappa shape index (κ1) is 17.2. The van der Waals surface area contributed by atoms with E-state index in [1.807, 2.05) is 4.68 Å². The van der Waals surface area contributed by atoms with Crippen LogP contribution in [-0.2, 0) is 22.5 Å². The van der Waals surface area contributed by atoms with Crippen LogP contribution < -0.4 is 14.8 Å². The minimum absolute atomic E-state index is 0.137. The molecule has 1 aromatic heterocycles. The van der Waals surface area contributed by atoms with Gasteiger partial charge in [-0.15, -0.1) is 0 Å². The van der Waals surface area contributed by atoms with E-state index in [0.717, 1.165) is 31.7 Å². The summed E-state index contributed by atoms with van der Waals surface area (Å²) in [4.78, 5) is 12.5. The number of ether oxygens (including phenoxy) is 3. The quantitative estimate of drug-likeness (QED) is 0.866. The van der Waals surface area contributed by atoms with Gasteiger partial charge in [0.2, 0.25) is 5.91 Å². The van der Waals surface area contributed by atoms with Crippen LogP contribution in [0.15, 0.2) is 24.4 Å². The first-order valence-corrected chi connectivity index (χ1v) is 9.04. The number of amides is 1. The van der Waals surface area contributed by atoms with Gasteiger partial charge in [-0.1, -0.05) is 11.6 Å². The minimum Gasteiger partial charge on any atom is -0.486 e. The molecule has 0 unspecified atom stereocenters. The fourth-order valence-corrected chi connectivity index (χ4v) is 3.48. The zero-order valence-electron chi connectivity index (χ0n) is 14.2. The maximum Gasteiger partial charge on any atom is 0.229 e. The molecule has 3 heterocycles. The summed E-state index contributed by atoms with van der Waals surface area (Å²) in [5, 5.41) is 7.67. The summed E-state index contributed by atoms with van der Waals surface area (Å²) >= 11 is 6.23. The normalized spacial score (nSPS) is 18.7. The zero-order chi connectivity index (χ0) is 17.9. The highest BCUT2D eigenvalue weighted by atomic mass is 35.5. The molecule has 1 amide bonds. The van der Waals surface area contributed by atoms with Crippen LogP contribution >= 0.6 is 11.6 Å². The van der Waals surface area contributed by atoms with E-state index in [2.05, 4.69) is 10.4 Å². The molecule has 138 valence electrons. The van der Waals surface area contributed by atoms with Crippen molar-refractivity contribution >= 4 is 23.3 Å². The third-order valence-electron chi connectivity index (χ3n) is 4.46. The summed E-state index contributed by atoms with van der Waals surface area (Å²) in [7, 11) is 0. The molecule has 1 N–H and O–H groups in total. The number of hydrogen-bond acceptors (Lipinski definition) is 5. The number of halogens is 1. The molecule has 0 aliphatic carbocycles. The van der Waals surface area contributed by atoms with E-state index in [9.17, 15) is 4.79 Å². The third kappa shape index (κ3) is 3.78. The lowest BCUT2D eigenvalue weighted by Gasteiger charge is -2.20. The molecule has 0 radical (unpaired) electrons. The van der Waals surface area contributed by atoms with Crippen LogP contribution in [-0.4, -0.2) is 42.1 Å². The monoisotopic (exact) mass is 377 g/mol. The minimum atomic E-state index is -0.137. The molecule has 2 aliphatic rings. The highest BCUT2D eigenvalue weighted by molar-refractivity contribution is 6.32. The second-order valence-electron chi connectivity index (χ2n) is 6.45. The maximum atomic E-state index is 12.5. The van der Waals surface area contributed by atoms with Gasteiger partial charge in [0.1, 0.15) is 19.0 Å². The molecule has 8 heteroatoms. The van der Waals surface area contributed by atoms with E-state index in [0.29, 0.717) is 41.5 Å². The average molecular weight is 378 g/mol. The Morgan fingerprint density at radius 2 is 2.19 bits per heavy atom. The molecule has 0 saturated carbocycles. The van der Waals surface area contributed by atoms with E-state index >= 15 is 0 Å². The molecule has 2 aromatic rings. The van der Waals surface area contributed by atoms with Gasteiger partial charge in [-0.25, -0.2) is 4.68 Å². The lowest BCUT2D eigenvalue weighted by atomic mass is 10.1. The largest absolute Gasteiger partial charge is 0.486 e. The maximum absolute atomic E-state index is 12.5. The van der Waals surface area contributed by atoms with Gasteiger partial charge < -0.3 is 19.5 Å². The molecule has 1 fully saturated rings. The highest BCUT2D eigenvalue weighted by Crippen LogP contribution is 2.38. The van der Waals surface area contributed by atoms with Crippen LogP contribution in [0.2, 0.25) is 5.02 Å². The Kier molecular flexibility index (Phi) is 4.99. The predicted molar refractivity (Wildman–Crippen MR) is 95.9 cm³/mol. The van der Waals surface area contributed by atoms with Crippen molar-refractivity contribution in [3.8, 4) is 11.5 Å². The van der Waals surface area contributed by atoms with Crippen molar-refractivity contribution in [2.24, 2.45) is 5.92 Å². The summed E-state index contributed by atoms with van der Waals surface area (Å²) in [6, 6.07) is 5.33. The lowest BCUT2D eigenvalue weighted by Crippen LogP contribution is -2.20. The van der Waals surface area contributed by atoms with Crippen molar-refractivity contribution in [2.75, 3.05) is 31.7 Å². The molecular weight excluding hydrogens is 358 g/mol. The molecule has 1 saturated heterocycles. The van der Waals surface area contributed by atoms with Gasteiger partial charge in [-0.2, -0.15) is 5.10 Å². The number of nitrogens with one attached hydrogen (secondary N) is 1. The van der Waals surface area contributed by atoms with E-state index in [4.69, 9.17) is 25.8 Å². The molecule has 1 atom stereocenters. The summed E-state index contributed by atoms with van der Waals surface area (Å²) < 4.78 is 18.3. The van der Waals surface area contributed by atoms with E-state index < -0.39 is 0 Å². The van der Waals surface area contributed by atoms with Crippen molar-refractivity contribution in [3.05, 3.63) is 35.0 Å². The number of hydrogen-bond donors (Lipinski definition) is 1. The number of fused-ring (bicyclic) bond motifs is 1. The molecule has 4 rings (SSSR count). The molecule has 0 spiro atoms. The number of carbonyl (C=O) groups excluding carboxylic acids is 1. The first-order valence-electron chi connectivity index (χ1n) is 8.66. The lowest BCUT2D eigenvalue weighted by molar-refractivity contribution is -0.115. The van der Waals surface area contributed by atoms with Crippen LogP contribution in [0.3, 0.4) is 0 Å². The molecule has 26 heavy (non-hydrogen) atoms. The first-order chi connectivity index (χ1) is 12.7. The molecule has 2 aliphatic heterocycles. The van der Waals surface area contributed by atoms with Crippen molar-refractivity contribution in [1.29, 1.82) is 0 Å². The number of aromatic nitrogens is 2. The summed E-state index contributed by atoms with van der Waals surface area (Å²) in [5.74, 6) is 2.10. The molecule has 1 aromatic carbocycles. The van der Waals surface area contributed by atoms with Crippen molar-refractivity contribution in [2.45, 2.75) is 19.4 Å². The second kappa shape index (κ2) is 7.55. The number of rotatable bonds is 5. The molecule has 0 bridgehead atoms. The van der Waals surface area contributed by atoms with Crippen LogP contribution in [0.4, 0.5) is 5.82 Å². The standard InChI is InChI=1S/C18H20ClN3O4/c19-14-7-13(8-15-18(14)26-6-5-25-15)9-17(23)21-16-1-3-20-22(16)10-12-2-4-24-11-12/h1,3,7-8,12H,2,4-6,9-11H2,(H,21,23)/t12-/m1/s1. The fourth-order valence-electron chi connectivity index (χ4n) is 3.19. The molecule has 7 nitrogen and oxygen atoms in total. The van der Waals surface area contributed by atoms with Gasteiger partial charge in [0.25, 0.3) is 0 Å². The Labute approximate surface area is 156 Å². The van der Waals surface area contributed by atoms with Crippen LogP contribution in [0.5, 0.6) is 11.5 Å². The van der Waals surface area contributed by atoms with Crippen LogP contribution in [0.25, 0.3) is 0 Å². The van der Waals surface area contributed by atoms with Gasteiger partial charge in [-0.05, 0) is 24.1 Å². The summed E-state index contributed by atoms with van der Waals surface area (Å²) in [5.41, 5.74) is 0.770. The van der Waals surface area contributed by atoms with Gasteiger partial charge in [0, 0.05) is 25.1 Å². The van der Waals surface area contributed by atoms with Crippen molar-refractivity contribution < 1.29 is 19.0 Å². The fraction of sp³-hybridized carbons (Fsp3) is 0.444. The topological polar surface area (TPSA) is 74.6 Å². The highest BCUT2D eigenvalue weighted by Gasteiger charge is 2.20. The predicted octanol–water partition coefficient (Wildman–Crippen LogP) is 2.53. The Balaban J connectivity index is 1.41. The Morgan fingerprint density at radius 3 is 3.04 bits per heavy atom. The van der Waals surface area contributed by atoms with E-state index in [1.165, 1.54) is 0 Å². The molecular formula is C18H20ClN3O4. The van der Waals surface area contributed by atoms with Crippen LogP contribution in [0, 0.1) is 5.92 Å². The van der Waals surface area contributed by atoms with Gasteiger partial charge in [0.05, 0.1) is 24.2 Å². The SMILES string of the molecule is O=C(Cc1cc(Cl)c2c(c1)OCCO2)Nc1ccnn1C[C@H]1CCOC1. The van der Waals surface area contributed by atoms with E-state index in [1.54, 1.807) is 24.4 Å². The number of carbonyl (C=O) groups is 1. The van der Waals surface area contributed by atoms with Gasteiger partial charge in [-0.3, -0.25) is 4.79 Å². The second-order valence-corrected chi connectivity index (χ2v) is 6.86. The van der Waals surface area contributed by atoms with Gasteiger partial charge >= 0.3 is 0 Å². The number of nitrogens with zero attached hydrogens (tertiary/aromatic N) is 2. The Bertz CT molecular complexity index is 802. The Morgan fingerprint density at radius 1 is 1.31 bits per heavy atom. The number of benzene rings is 1.